The molecule has 3 aliphatic rings. The Morgan fingerprint density at radius 3 is 2.67 bits per heavy atom. The third-order valence-electron chi connectivity index (χ3n) is 5.95. The number of allylic oxidation sites excluding steroid dienone is 5. The van der Waals surface area contributed by atoms with Gasteiger partial charge in [0, 0.05) is 31.9 Å². The number of nitrogens with one attached hydrogen (secondary N) is 1. The number of fused-ring (bicyclic) bond motifs is 1. The highest BCUT2D eigenvalue weighted by Gasteiger charge is 2.32. The molecule has 2 aliphatic heterocycles. The van der Waals surface area contributed by atoms with E-state index in [1.807, 2.05) is 17.1 Å². The molecule has 152 valence electrons. The van der Waals surface area contributed by atoms with Crippen LogP contribution in [0.2, 0.25) is 0 Å². The van der Waals surface area contributed by atoms with E-state index in [1.165, 1.54) is 5.69 Å². The Balaban J connectivity index is 1.47. The molecule has 1 fully saturated rings. The van der Waals surface area contributed by atoms with Gasteiger partial charge in [0.1, 0.15) is 6.21 Å². The minimum absolute atomic E-state index is 0.0172. The second-order valence-corrected chi connectivity index (χ2v) is 7.90. The van der Waals surface area contributed by atoms with Crippen molar-refractivity contribution in [3.63, 3.8) is 0 Å². The van der Waals surface area contributed by atoms with Crippen LogP contribution in [0.25, 0.3) is 11.1 Å². The molecule has 1 atom stereocenters. The summed E-state index contributed by atoms with van der Waals surface area (Å²) in [6, 6.07) is 8.60. The zero-order valence-electron chi connectivity index (χ0n) is 17.0. The number of carbonyl (C=O) groups is 1. The molecular weight excluding hydrogens is 376 g/mol. The summed E-state index contributed by atoms with van der Waals surface area (Å²) in [6.45, 7) is 4.21. The van der Waals surface area contributed by atoms with Crippen LogP contribution in [-0.2, 0) is 4.79 Å². The molecule has 3 N–H and O–H groups in total. The van der Waals surface area contributed by atoms with Crippen LogP contribution in [0.5, 0.6) is 0 Å². The number of aliphatic imine (C=N–C) groups is 1. The summed E-state index contributed by atoms with van der Waals surface area (Å²) >= 11 is 0. The Hall–Kier alpha value is -3.29. The van der Waals surface area contributed by atoms with Gasteiger partial charge in [-0.3, -0.25) is 10.5 Å². The van der Waals surface area contributed by atoms with E-state index in [-0.39, 0.29) is 5.78 Å². The highest BCUT2D eigenvalue weighted by molar-refractivity contribution is 6.02. The molecule has 7 nitrogen and oxygen atoms in total. The number of nitrogens with two attached hydrogens (primary N) is 1. The molecule has 0 bridgehead atoms. The first-order chi connectivity index (χ1) is 14.6. The van der Waals surface area contributed by atoms with Crippen LogP contribution in [0.15, 0.2) is 70.9 Å². The first-order valence-corrected chi connectivity index (χ1v) is 10.2. The summed E-state index contributed by atoms with van der Waals surface area (Å²) in [7, 11) is 2.17. The first kappa shape index (κ1) is 18.7. The van der Waals surface area contributed by atoms with E-state index in [0.29, 0.717) is 0 Å². The van der Waals surface area contributed by atoms with Gasteiger partial charge in [0.25, 0.3) is 0 Å². The van der Waals surface area contributed by atoms with E-state index in [2.05, 4.69) is 46.2 Å². The predicted octanol–water partition coefficient (Wildman–Crippen LogP) is 1.89. The molecule has 0 saturated carbocycles. The van der Waals surface area contributed by atoms with Crippen molar-refractivity contribution in [2.45, 2.75) is 6.17 Å². The Kier molecular flexibility index (Phi) is 4.69. The molecule has 5 rings (SSSR count). The van der Waals surface area contributed by atoms with Crippen molar-refractivity contribution in [1.82, 2.24) is 10.00 Å². The fourth-order valence-electron chi connectivity index (χ4n) is 4.12. The van der Waals surface area contributed by atoms with Gasteiger partial charge in [0.15, 0.2) is 5.78 Å². The summed E-state index contributed by atoms with van der Waals surface area (Å²) in [5, 5.41) is 3.27. The molecule has 2 aromatic rings. The summed E-state index contributed by atoms with van der Waals surface area (Å²) in [6.07, 6.45) is 10.0. The molecule has 30 heavy (non-hydrogen) atoms. The standard InChI is InChI=1S/C23H24N6O/c1-27-9-11-28(12-10-27)18-4-2-3-17(13-18)21-15-26-29-22(24)20(14-25-23(21)29)16-5-7-19(30)8-6-16/h2-8,13-15,22H,9-12,24H2,1H3/p+1. The molecule has 0 radical (unpaired) electrons. The highest BCUT2D eigenvalue weighted by Crippen LogP contribution is 2.33. The summed E-state index contributed by atoms with van der Waals surface area (Å²) in [5.74, 6) is 0.790. The van der Waals surface area contributed by atoms with Gasteiger partial charge in [-0.15, -0.1) is 4.68 Å². The fourth-order valence-corrected chi connectivity index (χ4v) is 4.12. The van der Waals surface area contributed by atoms with E-state index in [4.69, 9.17) is 10.7 Å². The number of hydrogen-bond donors (Lipinski definition) is 2. The van der Waals surface area contributed by atoms with Gasteiger partial charge in [0.05, 0.1) is 17.3 Å². The topological polar surface area (TPSA) is 81.6 Å². The number of piperazine rings is 1. The van der Waals surface area contributed by atoms with Crippen molar-refractivity contribution in [1.29, 1.82) is 0 Å². The Morgan fingerprint density at radius 1 is 1.13 bits per heavy atom. The van der Waals surface area contributed by atoms with Gasteiger partial charge in [-0.2, -0.15) is 0 Å². The van der Waals surface area contributed by atoms with Crippen LogP contribution in [0, 0.1) is 0 Å². The minimum atomic E-state index is -0.399. The van der Waals surface area contributed by atoms with Crippen molar-refractivity contribution in [2.24, 2.45) is 10.7 Å². The summed E-state index contributed by atoms with van der Waals surface area (Å²) < 4.78 is 1.87. The maximum atomic E-state index is 11.4. The lowest BCUT2D eigenvalue weighted by Gasteiger charge is -2.34. The van der Waals surface area contributed by atoms with Crippen molar-refractivity contribution >= 4 is 23.5 Å². The van der Waals surface area contributed by atoms with E-state index >= 15 is 0 Å². The lowest BCUT2D eigenvalue weighted by atomic mass is 10.0. The summed E-state index contributed by atoms with van der Waals surface area (Å²) in [5.41, 5.74) is 11.7. The minimum Gasteiger partial charge on any atom is -0.369 e. The van der Waals surface area contributed by atoms with E-state index < -0.39 is 6.17 Å². The molecule has 1 saturated heterocycles. The molecule has 0 amide bonds. The lowest BCUT2D eigenvalue weighted by Crippen LogP contribution is -2.49. The van der Waals surface area contributed by atoms with Crippen molar-refractivity contribution < 1.29 is 9.48 Å². The van der Waals surface area contributed by atoms with E-state index in [1.54, 1.807) is 24.3 Å². The number of likely N-dealkylation sites (N-methyl/N-ethyl adjacent to an activating group) is 1. The molecule has 3 heterocycles. The number of rotatable bonds is 2. The molecule has 7 heteroatoms. The van der Waals surface area contributed by atoms with Crippen LogP contribution in [0.3, 0.4) is 0 Å². The average Bonchev–Trinajstić information content (AvgIpc) is 3.21. The van der Waals surface area contributed by atoms with Crippen molar-refractivity contribution in [2.75, 3.05) is 38.1 Å². The number of anilines is 1. The zero-order valence-corrected chi connectivity index (χ0v) is 17.0. The van der Waals surface area contributed by atoms with E-state index in [0.717, 1.165) is 54.3 Å². The van der Waals surface area contributed by atoms with Crippen molar-refractivity contribution in [3.8, 4) is 11.1 Å². The SMILES string of the molecule is CN1CCN(c2cccc(-c3c[nH][n+]4c3N=CC(=C3C=CC(=O)C=C3)C4N)c2)CC1. The maximum absolute atomic E-state index is 11.4. The van der Waals surface area contributed by atoms with Crippen LogP contribution in [0.1, 0.15) is 6.17 Å². The summed E-state index contributed by atoms with van der Waals surface area (Å²) in [4.78, 5) is 20.9. The second-order valence-electron chi connectivity index (χ2n) is 7.90. The van der Waals surface area contributed by atoms with Crippen LogP contribution < -0.4 is 15.3 Å². The number of nitrogens with zero attached hydrogens (tertiary/aromatic N) is 4. The first-order valence-electron chi connectivity index (χ1n) is 10.2. The van der Waals surface area contributed by atoms with Gasteiger partial charge in [0.2, 0.25) is 6.17 Å². The largest absolute Gasteiger partial charge is 0.369 e. The molecule has 1 unspecified atom stereocenters. The molecular formula is C23H25N6O+. The number of carbonyl (C=O) groups excluding carboxylic acids is 1. The normalized spacial score (nSPS) is 21.5. The van der Waals surface area contributed by atoms with Gasteiger partial charge < -0.3 is 9.80 Å². The smallest absolute Gasteiger partial charge is 0.352 e. The maximum Gasteiger partial charge on any atom is 0.352 e. The number of benzene rings is 1. The van der Waals surface area contributed by atoms with Gasteiger partial charge in [-0.05, 0) is 47.5 Å². The third-order valence-corrected chi connectivity index (χ3v) is 5.95. The Morgan fingerprint density at radius 2 is 1.90 bits per heavy atom. The Bertz CT molecular complexity index is 1100. The Labute approximate surface area is 175 Å². The number of H-pyrrole nitrogens is 1. The monoisotopic (exact) mass is 401 g/mol. The fraction of sp³-hybridized carbons (Fsp3) is 0.261. The predicted molar refractivity (Wildman–Crippen MR) is 118 cm³/mol. The van der Waals surface area contributed by atoms with Crippen LogP contribution >= 0.6 is 0 Å². The molecule has 1 aromatic heterocycles. The van der Waals surface area contributed by atoms with Crippen LogP contribution in [0.4, 0.5) is 11.5 Å². The highest BCUT2D eigenvalue weighted by atomic mass is 16.1. The number of aromatic amines is 1. The molecule has 1 aliphatic carbocycles. The third kappa shape index (κ3) is 3.32. The van der Waals surface area contributed by atoms with Crippen molar-refractivity contribution in [3.05, 3.63) is 65.9 Å². The average molecular weight is 401 g/mol. The second kappa shape index (κ2) is 7.51. The lowest BCUT2D eigenvalue weighted by molar-refractivity contribution is -0.753. The molecule has 0 spiro atoms. The number of hydrogen-bond acceptors (Lipinski definition) is 5. The van der Waals surface area contributed by atoms with Gasteiger partial charge in [-0.25, -0.2) is 5.10 Å². The quantitative estimate of drug-likeness (QED) is 0.753. The van der Waals surface area contributed by atoms with E-state index in [9.17, 15) is 4.79 Å². The number of ketones is 1. The van der Waals surface area contributed by atoms with Crippen LogP contribution in [-0.4, -0.2) is 55.2 Å². The van der Waals surface area contributed by atoms with Gasteiger partial charge >= 0.3 is 5.82 Å². The van der Waals surface area contributed by atoms with Gasteiger partial charge in [-0.1, -0.05) is 24.3 Å². The molecule has 1 aromatic carbocycles. The zero-order chi connectivity index (χ0) is 20.7. The number of aromatic nitrogens is 2.